The maximum atomic E-state index is 12.6. The van der Waals surface area contributed by atoms with Crippen molar-refractivity contribution in [3.63, 3.8) is 0 Å². The molecule has 3 rings (SSSR count). The van der Waals surface area contributed by atoms with Crippen LogP contribution in [0.4, 0.5) is 13.2 Å². The first-order valence-corrected chi connectivity index (χ1v) is 7.33. The molecule has 2 unspecified atom stereocenters. The summed E-state index contributed by atoms with van der Waals surface area (Å²) >= 11 is 0. The van der Waals surface area contributed by atoms with Crippen LogP contribution in [0.5, 0.6) is 5.75 Å². The fraction of sp³-hybridized carbons (Fsp3) is 0.467. The van der Waals surface area contributed by atoms with Crippen LogP contribution in [0.3, 0.4) is 0 Å². The van der Waals surface area contributed by atoms with Crippen LogP contribution in [0.2, 0.25) is 0 Å². The summed E-state index contributed by atoms with van der Waals surface area (Å²) in [4.78, 5) is 25.1. The molecular formula is C15H15F3N2O4. The summed E-state index contributed by atoms with van der Waals surface area (Å²) in [6.45, 7) is 2.14. The normalized spacial score (nSPS) is 23.5. The molecule has 24 heavy (non-hydrogen) atoms. The minimum absolute atomic E-state index is 0.00241. The number of alkyl halides is 3. The first-order valence-electron chi connectivity index (χ1n) is 7.33. The molecule has 9 heteroatoms. The SMILES string of the molecule is Cc1c(O)ccc2c1CC1C(OC(=O)C(F)(F)F)NCCN1C2=O. The molecular weight excluding hydrogens is 329 g/mol. The van der Waals surface area contributed by atoms with Crippen LogP contribution in [0.1, 0.15) is 21.5 Å². The molecule has 1 aromatic carbocycles. The van der Waals surface area contributed by atoms with Crippen molar-refractivity contribution in [3.05, 3.63) is 28.8 Å². The molecule has 0 bridgehead atoms. The van der Waals surface area contributed by atoms with Gasteiger partial charge < -0.3 is 14.7 Å². The molecule has 1 saturated heterocycles. The number of amides is 1. The molecule has 2 aliphatic heterocycles. The van der Waals surface area contributed by atoms with E-state index in [1.54, 1.807) is 6.92 Å². The highest BCUT2D eigenvalue weighted by molar-refractivity contribution is 5.98. The predicted molar refractivity (Wildman–Crippen MR) is 75.3 cm³/mol. The van der Waals surface area contributed by atoms with Gasteiger partial charge in [-0.3, -0.25) is 10.1 Å². The highest BCUT2D eigenvalue weighted by Crippen LogP contribution is 2.33. The van der Waals surface area contributed by atoms with E-state index in [2.05, 4.69) is 10.1 Å². The molecule has 0 aromatic heterocycles. The topological polar surface area (TPSA) is 78.9 Å². The number of carbonyl (C=O) groups is 2. The van der Waals surface area contributed by atoms with Gasteiger partial charge in [-0.2, -0.15) is 13.2 Å². The Morgan fingerprint density at radius 2 is 2.12 bits per heavy atom. The summed E-state index contributed by atoms with van der Waals surface area (Å²) in [7, 11) is 0. The maximum absolute atomic E-state index is 12.6. The molecule has 0 spiro atoms. The Morgan fingerprint density at radius 3 is 2.79 bits per heavy atom. The van der Waals surface area contributed by atoms with Gasteiger partial charge in [0.15, 0.2) is 6.23 Å². The van der Waals surface area contributed by atoms with Crippen LogP contribution >= 0.6 is 0 Å². The predicted octanol–water partition coefficient (Wildman–Crippen LogP) is 1.10. The van der Waals surface area contributed by atoms with Crippen LogP contribution in [-0.4, -0.2) is 53.4 Å². The molecule has 2 N–H and O–H groups in total. The molecule has 0 aliphatic carbocycles. The molecule has 6 nitrogen and oxygen atoms in total. The van der Waals surface area contributed by atoms with E-state index in [-0.39, 0.29) is 24.6 Å². The number of hydrogen-bond acceptors (Lipinski definition) is 5. The monoisotopic (exact) mass is 344 g/mol. The van der Waals surface area contributed by atoms with Crippen molar-refractivity contribution >= 4 is 11.9 Å². The van der Waals surface area contributed by atoms with E-state index in [9.17, 15) is 27.9 Å². The standard InChI is InChI=1S/C15H15F3N2O4/c1-7-9-6-10-12(24-14(23)15(16,17)18)19-4-5-20(10)13(22)8(9)2-3-11(7)21/h2-3,10,12,19,21H,4-6H2,1H3. The number of carbonyl (C=O) groups excluding carboxylic acids is 2. The van der Waals surface area contributed by atoms with Crippen LogP contribution in [0.15, 0.2) is 12.1 Å². The average molecular weight is 344 g/mol. The fourth-order valence-corrected chi connectivity index (χ4v) is 3.14. The molecule has 2 atom stereocenters. The van der Waals surface area contributed by atoms with Gasteiger partial charge in [0.1, 0.15) is 5.75 Å². The first-order chi connectivity index (χ1) is 11.2. The number of fused-ring (bicyclic) bond motifs is 2. The zero-order valence-electron chi connectivity index (χ0n) is 12.7. The molecule has 2 heterocycles. The summed E-state index contributed by atoms with van der Waals surface area (Å²) < 4.78 is 41.9. The van der Waals surface area contributed by atoms with Gasteiger partial charge in [-0.15, -0.1) is 0 Å². The summed E-state index contributed by atoms with van der Waals surface area (Å²) in [5, 5.41) is 12.5. The second-order valence-electron chi connectivity index (χ2n) is 5.78. The van der Waals surface area contributed by atoms with Gasteiger partial charge in [0.05, 0.1) is 6.04 Å². The highest BCUT2D eigenvalue weighted by atomic mass is 19.4. The van der Waals surface area contributed by atoms with Crippen LogP contribution < -0.4 is 5.32 Å². The molecule has 1 fully saturated rings. The number of nitrogens with zero attached hydrogens (tertiary/aromatic N) is 1. The quantitative estimate of drug-likeness (QED) is 0.746. The number of esters is 1. The summed E-state index contributed by atoms with van der Waals surface area (Å²) in [5.41, 5.74) is 1.45. The van der Waals surface area contributed by atoms with E-state index in [4.69, 9.17) is 0 Å². The number of hydrogen-bond donors (Lipinski definition) is 2. The molecule has 0 radical (unpaired) electrons. The van der Waals surface area contributed by atoms with Crippen molar-refractivity contribution in [2.24, 2.45) is 0 Å². The third-order valence-electron chi connectivity index (χ3n) is 4.39. The molecule has 1 amide bonds. The summed E-state index contributed by atoms with van der Waals surface area (Å²) in [6, 6.07) is 2.15. The second-order valence-corrected chi connectivity index (χ2v) is 5.78. The largest absolute Gasteiger partial charge is 0.508 e. The van der Waals surface area contributed by atoms with E-state index >= 15 is 0 Å². The molecule has 130 valence electrons. The number of nitrogens with one attached hydrogen (secondary N) is 1. The first kappa shape index (κ1) is 16.6. The lowest BCUT2D eigenvalue weighted by Crippen LogP contribution is -2.63. The summed E-state index contributed by atoms with van der Waals surface area (Å²) in [6.07, 6.45) is -6.18. The molecule has 0 saturated carbocycles. The van der Waals surface area contributed by atoms with Crippen molar-refractivity contribution in [1.82, 2.24) is 10.2 Å². The van der Waals surface area contributed by atoms with Gasteiger partial charge >= 0.3 is 12.1 Å². The number of ether oxygens (including phenoxy) is 1. The van der Waals surface area contributed by atoms with Crippen molar-refractivity contribution in [3.8, 4) is 5.75 Å². The van der Waals surface area contributed by atoms with Gasteiger partial charge in [0.2, 0.25) is 0 Å². The van der Waals surface area contributed by atoms with E-state index in [0.717, 1.165) is 0 Å². The minimum atomic E-state index is -5.10. The fourth-order valence-electron chi connectivity index (χ4n) is 3.14. The second kappa shape index (κ2) is 5.66. The van der Waals surface area contributed by atoms with E-state index in [0.29, 0.717) is 23.2 Å². The van der Waals surface area contributed by atoms with Gasteiger partial charge in [-0.1, -0.05) is 0 Å². The minimum Gasteiger partial charge on any atom is -0.508 e. The van der Waals surface area contributed by atoms with E-state index in [1.807, 2.05) is 0 Å². The van der Waals surface area contributed by atoms with E-state index < -0.39 is 24.4 Å². The van der Waals surface area contributed by atoms with Gasteiger partial charge in [-0.05, 0) is 36.6 Å². The van der Waals surface area contributed by atoms with Crippen LogP contribution in [-0.2, 0) is 16.0 Å². The molecule has 1 aromatic rings. The maximum Gasteiger partial charge on any atom is 0.490 e. The number of halogens is 3. The number of phenolic OH excluding ortho intramolecular Hbond substituents is 1. The number of aromatic hydroxyl groups is 1. The zero-order chi connectivity index (χ0) is 17.6. The third kappa shape index (κ3) is 2.68. The summed E-state index contributed by atoms with van der Waals surface area (Å²) in [5.74, 6) is -2.64. The Balaban J connectivity index is 1.92. The average Bonchev–Trinajstić information content (AvgIpc) is 2.51. The highest BCUT2D eigenvalue weighted by Gasteiger charge is 2.47. The van der Waals surface area contributed by atoms with Gasteiger partial charge in [-0.25, -0.2) is 4.79 Å². The van der Waals surface area contributed by atoms with E-state index in [1.165, 1.54) is 17.0 Å². The lowest BCUT2D eigenvalue weighted by atomic mass is 9.88. The number of benzene rings is 1. The Bertz CT molecular complexity index is 705. The third-order valence-corrected chi connectivity index (χ3v) is 4.39. The van der Waals surface area contributed by atoms with Crippen molar-refractivity contribution in [2.45, 2.75) is 31.8 Å². The number of rotatable bonds is 1. The van der Waals surface area contributed by atoms with Crippen molar-refractivity contribution in [2.75, 3.05) is 13.1 Å². The van der Waals surface area contributed by atoms with Gasteiger partial charge in [0, 0.05) is 18.7 Å². The lowest BCUT2D eigenvalue weighted by molar-refractivity contribution is -0.210. The molecule has 2 aliphatic rings. The smallest absolute Gasteiger partial charge is 0.490 e. The Hall–Kier alpha value is -2.29. The Morgan fingerprint density at radius 1 is 1.42 bits per heavy atom. The zero-order valence-corrected chi connectivity index (χ0v) is 12.7. The Kier molecular flexibility index (Phi) is 3.90. The van der Waals surface area contributed by atoms with Gasteiger partial charge in [0.25, 0.3) is 5.91 Å². The van der Waals surface area contributed by atoms with Crippen LogP contribution in [0.25, 0.3) is 0 Å². The Labute approximate surface area is 135 Å². The number of phenols is 1. The van der Waals surface area contributed by atoms with Crippen molar-refractivity contribution < 1.29 is 32.6 Å². The van der Waals surface area contributed by atoms with Crippen LogP contribution in [0, 0.1) is 6.92 Å². The van der Waals surface area contributed by atoms with Crippen molar-refractivity contribution in [1.29, 1.82) is 0 Å². The lowest BCUT2D eigenvalue weighted by Gasteiger charge is -2.44. The number of piperazine rings is 1.